The number of benzene rings is 1. The highest BCUT2D eigenvalue weighted by molar-refractivity contribution is 7.12. The number of carbonyl (C=O) groups excluding carboxylic acids is 3. The molecule has 10 heteroatoms. The van der Waals surface area contributed by atoms with Crippen LogP contribution >= 0.6 is 11.3 Å². The van der Waals surface area contributed by atoms with Gasteiger partial charge in [0.2, 0.25) is 0 Å². The normalized spacial score (nSPS) is 10.4. The van der Waals surface area contributed by atoms with Crippen molar-refractivity contribution in [1.29, 1.82) is 0 Å². The van der Waals surface area contributed by atoms with Crippen molar-refractivity contribution in [3.63, 3.8) is 0 Å². The van der Waals surface area contributed by atoms with Crippen LogP contribution in [0.3, 0.4) is 0 Å². The van der Waals surface area contributed by atoms with E-state index in [0.717, 1.165) is 11.3 Å². The Balaban J connectivity index is 1.57. The van der Waals surface area contributed by atoms with E-state index >= 15 is 0 Å². The molecule has 0 spiro atoms. The van der Waals surface area contributed by atoms with Gasteiger partial charge in [-0.05, 0) is 43.5 Å². The predicted octanol–water partition coefficient (Wildman–Crippen LogP) is 3.05. The molecule has 0 saturated carbocycles. The average Bonchev–Trinajstić information content (AvgIpc) is 3.41. The molecule has 0 aliphatic carbocycles. The fourth-order valence-corrected chi connectivity index (χ4v) is 3.24. The number of nitrogens with one attached hydrogen (secondary N) is 1. The number of esters is 1. The number of rotatable bonds is 8. The number of ether oxygens (including phenoxy) is 3. The minimum absolute atomic E-state index is 0.166. The minimum atomic E-state index is -0.741. The van der Waals surface area contributed by atoms with E-state index in [-0.39, 0.29) is 12.2 Å². The number of thiophene rings is 1. The van der Waals surface area contributed by atoms with Gasteiger partial charge in [0, 0.05) is 0 Å². The quantitative estimate of drug-likeness (QED) is 0.527. The Morgan fingerprint density at radius 3 is 2.61 bits per heavy atom. The lowest BCUT2D eigenvalue weighted by Crippen LogP contribution is -2.33. The van der Waals surface area contributed by atoms with Crippen LogP contribution in [0.15, 0.2) is 40.2 Å². The number of hydrogen-bond donors (Lipinski definition) is 1. The molecule has 0 fully saturated rings. The van der Waals surface area contributed by atoms with Gasteiger partial charge in [0.25, 0.3) is 11.8 Å². The third-order valence-electron chi connectivity index (χ3n) is 4.28. The van der Waals surface area contributed by atoms with Crippen molar-refractivity contribution in [2.24, 2.45) is 0 Å². The summed E-state index contributed by atoms with van der Waals surface area (Å²) in [5, 5.41) is 7.75. The number of hydrogen-bond acceptors (Lipinski definition) is 9. The van der Waals surface area contributed by atoms with Gasteiger partial charge < -0.3 is 18.7 Å². The zero-order valence-electron chi connectivity index (χ0n) is 17.1. The molecule has 0 unspecified atom stereocenters. The van der Waals surface area contributed by atoms with Crippen LogP contribution in [0.25, 0.3) is 0 Å². The molecular weight excluding hydrogens is 424 g/mol. The molecule has 0 atom stereocenters. The van der Waals surface area contributed by atoms with E-state index in [0.29, 0.717) is 22.1 Å². The first kappa shape index (κ1) is 22.0. The van der Waals surface area contributed by atoms with Crippen molar-refractivity contribution in [3.8, 4) is 11.5 Å². The Labute approximate surface area is 181 Å². The van der Waals surface area contributed by atoms with Crippen molar-refractivity contribution in [1.82, 2.24) is 10.5 Å². The van der Waals surface area contributed by atoms with Crippen LogP contribution in [0.4, 0.5) is 0 Å². The van der Waals surface area contributed by atoms with Gasteiger partial charge in [-0.15, -0.1) is 11.3 Å². The lowest BCUT2D eigenvalue weighted by Gasteiger charge is -2.12. The molecule has 3 aromatic rings. The van der Waals surface area contributed by atoms with Crippen molar-refractivity contribution in [3.05, 3.63) is 63.2 Å². The molecule has 0 aliphatic rings. The van der Waals surface area contributed by atoms with E-state index in [1.165, 1.54) is 30.6 Å². The van der Waals surface area contributed by atoms with Crippen LogP contribution in [0.1, 0.15) is 37.0 Å². The molecule has 2 heterocycles. The van der Waals surface area contributed by atoms with E-state index in [1.54, 1.807) is 30.5 Å². The van der Waals surface area contributed by atoms with E-state index < -0.39 is 24.4 Å². The first-order valence-corrected chi connectivity index (χ1v) is 10.0. The van der Waals surface area contributed by atoms with Crippen LogP contribution in [0.2, 0.25) is 0 Å². The maximum Gasteiger partial charge on any atom is 0.338 e. The minimum Gasteiger partial charge on any atom is -0.493 e. The summed E-state index contributed by atoms with van der Waals surface area (Å²) in [6, 6.07) is 7.77. The van der Waals surface area contributed by atoms with Crippen LogP contribution in [-0.2, 0) is 16.1 Å². The van der Waals surface area contributed by atoms with E-state index in [9.17, 15) is 14.4 Å². The smallest absolute Gasteiger partial charge is 0.338 e. The Morgan fingerprint density at radius 1 is 1.16 bits per heavy atom. The van der Waals surface area contributed by atoms with Gasteiger partial charge in [0.1, 0.15) is 12.4 Å². The van der Waals surface area contributed by atoms with Crippen LogP contribution in [0, 0.1) is 13.8 Å². The molecular formula is C21H20N2O7S. The second-order valence-electron chi connectivity index (χ2n) is 6.39. The van der Waals surface area contributed by atoms with Crippen LogP contribution in [-0.4, -0.2) is 36.7 Å². The van der Waals surface area contributed by atoms with E-state index in [1.807, 2.05) is 6.92 Å². The van der Waals surface area contributed by atoms with Crippen molar-refractivity contribution >= 4 is 29.1 Å². The monoisotopic (exact) mass is 444 g/mol. The summed E-state index contributed by atoms with van der Waals surface area (Å²) < 4.78 is 21.1. The van der Waals surface area contributed by atoms with Gasteiger partial charge >= 0.3 is 5.97 Å². The largest absolute Gasteiger partial charge is 0.493 e. The lowest BCUT2D eigenvalue weighted by atomic mass is 10.2. The Morgan fingerprint density at radius 2 is 1.97 bits per heavy atom. The first-order chi connectivity index (χ1) is 14.9. The van der Waals surface area contributed by atoms with E-state index in [2.05, 4.69) is 10.5 Å². The summed E-state index contributed by atoms with van der Waals surface area (Å²) in [6.45, 7) is 3.23. The lowest BCUT2D eigenvalue weighted by molar-refractivity contribution is -0.123. The standard InChI is InChI=1S/C21H20N2O7S/c1-12-15(13(2)30-23-12)10-28-16-7-6-14(9-17(16)27-3)21(26)29-11-19(24)22-20(25)18-5-4-8-31-18/h4-9H,10-11H2,1-3H3,(H,22,24,25). The third-order valence-corrected chi connectivity index (χ3v) is 5.15. The third kappa shape index (κ3) is 5.48. The first-order valence-electron chi connectivity index (χ1n) is 9.16. The van der Waals surface area contributed by atoms with Gasteiger partial charge in [-0.25, -0.2) is 4.79 Å². The number of nitrogens with zero attached hydrogens (tertiary/aromatic N) is 1. The molecule has 0 radical (unpaired) electrons. The highest BCUT2D eigenvalue weighted by Crippen LogP contribution is 2.29. The van der Waals surface area contributed by atoms with E-state index in [4.69, 9.17) is 18.7 Å². The Kier molecular flexibility index (Phi) is 7.03. The number of imide groups is 1. The highest BCUT2D eigenvalue weighted by Gasteiger charge is 2.17. The summed E-state index contributed by atoms with van der Waals surface area (Å²) in [6.07, 6.45) is 0. The van der Waals surface area contributed by atoms with Gasteiger partial charge in [0.15, 0.2) is 18.1 Å². The maximum atomic E-state index is 12.3. The second kappa shape index (κ2) is 9.90. The molecule has 0 aliphatic heterocycles. The molecule has 9 nitrogen and oxygen atoms in total. The fourth-order valence-electron chi connectivity index (χ4n) is 2.62. The summed E-state index contributed by atoms with van der Waals surface area (Å²) in [5.41, 5.74) is 1.72. The molecule has 3 rings (SSSR count). The summed E-state index contributed by atoms with van der Waals surface area (Å²) in [4.78, 5) is 36.4. The molecule has 0 saturated heterocycles. The summed E-state index contributed by atoms with van der Waals surface area (Å²) >= 11 is 1.20. The molecule has 1 aromatic carbocycles. The van der Waals surface area contributed by atoms with Gasteiger partial charge in [0.05, 0.1) is 28.8 Å². The van der Waals surface area contributed by atoms with Crippen LogP contribution < -0.4 is 14.8 Å². The molecule has 1 N–H and O–H groups in total. The molecule has 2 amide bonds. The van der Waals surface area contributed by atoms with Gasteiger partial charge in [-0.1, -0.05) is 11.2 Å². The summed E-state index contributed by atoms with van der Waals surface area (Å²) in [5.74, 6) is -0.616. The summed E-state index contributed by atoms with van der Waals surface area (Å²) in [7, 11) is 1.44. The van der Waals surface area contributed by atoms with Crippen LogP contribution in [0.5, 0.6) is 11.5 Å². The molecule has 0 bridgehead atoms. The predicted molar refractivity (Wildman–Crippen MR) is 110 cm³/mol. The van der Waals surface area contributed by atoms with Gasteiger partial charge in [-0.3, -0.25) is 14.9 Å². The van der Waals surface area contributed by atoms with Crippen molar-refractivity contribution < 1.29 is 33.1 Å². The zero-order chi connectivity index (χ0) is 22.4. The molecule has 31 heavy (non-hydrogen) atoms. The maximum absolute atomic E-state index is 12.3. The Bertz CT molecular complexity index is 1070. The second-order valence-corrected chi connectivity index (χ2v) is 7.34. The Hall–Kier alpha value is -3.66. The highest BCUT2D eigenvalue weighted by atomic mass is 32.1. The molecule has 162 valence electrons. The van der Waals surface area contributed by atoms with Crippen molar-refractivity contribution in [2.75, 3.05) is 13.7 Å². The topological polar surface area (TPSA) is 117 Å². The number of aromatic nitrogens is 1. The number of amides is 2. The molecule has 2 aromatic heterocycles. The SMILES string of the molecule is COc1cc(C(=O)OCC(=O)NC(=O)c2cccs2)ccc1OCc1c(C)noc1C. The van der Waals surface area contributed by atoms with Gasteiger partial charge in [-0.2, -0.15) is 0 Å². The number of aryl methyl sites for hydroxylation is 2. The zero-order valence-corrected chi connectivity index (χ0v) is 17.9. The fraction of sp³-hybridized carbons (Fsp3) is 0.238. The number of methoxy groups -OCH3 is 1. The average molecular weight is 444 g/mol. The number of carbonyl (C=O) groups is 3. The van der Waals surface area contributed by atoms with Crippen molar-refractivity contribution in [2.45, 2.75) is 20.5 Å².